The predicted molar refractivity (Wildman–Crippen MR) is 132 cm³/mol. The molecule has 0 unspecified atom stereocenters. The number of aryl methyl sites for hydroxylation is 2. The zero-order valence-electron chi connectivity index (χ0n) is 18.5. The molecule has 2 heterocycles. The van der Waals surface area contributed by atoms with Gasteiger partial charge in [0.05, 0.1) is 11.3 Å². The van der Waals surface area contributed by atoms with Gasteiger partial charge in [0.15, 0.2) is 5.82 Å². The number of ether oxygens (including phenoxy) is 1. The normalized spacial score (nSPS) is 11.8. The molecular weight excluding hydrogens is 430 g/mol. The van der Waals surface area contributed by atoms with Crippen LogP contribution in [0.5, 0.6) is 11.6 Å². The summed E-state index contributed by atoms with van der Waals surface area (Å²) in [6.07, 6.45) is 0.670. The molecule has 0 spiro atoms. The Hall–Kier alpha value is -3.64. The number of thioether (sulfide) groups is 1. The van der Waals surface area contributed by atoms with Crippen LogP contribution in [0, 0.1) is 13.8 Å². The number of fused-ring (bicyclic) bond motifs is 2. The maximum atomic E-state index is 12.6. The third-order valence-electron chi connectivity index (χ3n) is 5.43. The largest absolute Gasteiger partial charge is 0.438 e. The monoisotopic (exact) mass is 453 g/mol. The first-order valence-corrected chi connectivity index (χ1v) is 11.8. The molecule has 0 saturated carbocycles. The first kappa shape index (κ1) is 21.2. The van der Waals surface area contributed by atoms with Gasteiger partial charge >= 0.3 is 0 Å². The highest BCUT2D eigenvalue weighted by atomic mass is 32.2. The van der Waals surface area contributed by atoms with Crippen molar-refractivity contribution < 1.29 is 9.53 Å². The number of benzene rings is 3. The molecule has 5 rings (SSSR count). The van der Waals surface area contributed by atoms with E-state index in [0.29, 0.717) is 18.1 Å². The van der Waals surface area contributed by atoms with E-state index >= 15 is 0 Å². The van der Waals surface area contributed by atoms with Crippen molar-refractivity contribution in [1.82, 2.24) is 9.97 Å². The quantitative estimate of drug-likeness (QED) is 0.254. The number of hydrogen-bond donors (Lipinski definition) is 1. The summed E-state index contributed by atoms with van der Waals surface area (Å²) >= 11 is 1.41. The number of carbonyl (C=O) groups excluding carboxylic acids is 1. The van der Waals surface area contributed by atoms with Crippen molar-refractivity contribution in [3.8, 4) is 23.0 Å². The van der Waals surface area contributed by atoms with Crippen LogP contribution in [0.3, 0.4) is 0 Å². The number of rotatable bonds is 5. The second kappa shape index (κ2) is 9.08. The summed E-state index contributed by atoms with van der Waals surface area (Å²) in [6, 6.07) is 23.7. The molecular formula is C27H23N3O2S. The summed E-state index contributed by atoms with van der Waals surface area (Å²) in [5, 5.41) is 3.72. The first-order valence-electron chi connectivity index (χ1n) is 10.8. The van der Waals surface area contributed by atoms with Gasteiger partial charge < -0.3 is 10.1 Å². The Labute approximate surface area is 197 Å². The van der Waals surface area contributed by atoms with Crippen molar-refractivity contribution in [2.75, 3.05) is 11.1 Å². The number of amides is 1. The summed E-state index contributed by atoms with van der Waals surface area (Å²) in [5.74, 6) is 2.13. The van der Waals surface area contributed by atoms with Crippen LogP contribution in [0.15, 0.2) is 77.8 Å². The topological polar surface area (TPSA) is 64.1 Å². The number of hydrogen-bond acceptors (Lipinski definition) is 5. The van der Waals surface area contributed by atoms with Crippen molar-refractivity contribution in [3.05, 3.63) is 95.1 Å². The first-order chi connectivity index (χ1) is 16.0. The van der Waals surface area contributed by atoms with E-state index in [1.54, 1.807) is 0 Å². The Balaban J connectivity index is 1.44. The van der Waals surface area contributed by atoms with Gasteiger partial charge in [-0.1, -0.05) is 77.5 Å². The minimum atomic E-state index is -0.0783. The fourth-order valence-corrected chi connectivity index (χ4v) is 4.55. The zero-order valence-corrected chi connectivity index (χ0v) is 19.3. The lowest BCUT2D eigenvalue weighted by molar-refractivity contribution is -0.113. The van der Waals surface area contributed by atoms with Gasteiger partial charge in [0.25, 0.3) is 0 Å². The SMILES string of the molecule is Cc1ccc(NC(=O)CSc2nc(-c3ccccc3)nc3c2Cc2cc(C)ccc2O3)cc1. The van der Waals surface area contributed by atoms with Gasteiger partial charge in [0.1, 0.15) is 10.8 Å². The third-order valence-corrected chi connectivity index (χ3v) is 6.45. The lowest BCUT2D eigenvalue weighted by Gasteiger charge is -2.22. The van der Waals surface area contributed by atoms with Gasteiger partial charge in [-0.2, -0.15) is 4.98 Å². The molecule has 0 aliphatic carbocycles. The van der Waals surface area contributed by atoms with Crippen molar-refractivity contribution in [2.45, 2.75) is 25.3 Å². The average molecular weight is 454 g/mol. The Kier molecular flexibility index (Phi) is 5.84. The molecule has 164 valence electrons. The van der Waals surface area contributed by atoms with Crippen molar-refractivity contribution in [1.29, 1.82) is 0 Å². The van der Waals surface area contributed by atoms with Crippen LogP contribution >= 0.6 is 11.8 Å². The minimum absolute atomic E-state index is 0.0783. The molecule has 0 bridgehead atoms. The van der Waals surface area contributed by atoms with Crippen LogP contribution in [0.4, 0.5) is 5.69 Å². The Morgan fingerprint density at radius 2 is 1.73 bits per heavy atom. The molecule has 0 atom stereocenters. The smallest absolute Gasteiger partial charge is 0.234 e. The molecule has 1 amide bonds. The highest BCUT2D eigenvalue weighted by Crippen LogP contribution is 2.40. The molecule has 6 heteroatoms. The highest BCUT2D eigenvalue weighted by Gasteiger charge is 2.24. The lowest BCUT2D eigenvalue weighted by Crippen LogP contribution is -2.15. The summed E-state index contributed by atoms with van der Waals surface area (Å²) in [6.45, 7) is 4.08. The molecule has 4 aromatic rings. The van der Waals surface area contributed by atoms with E-state index in [1.807, 2.05) is 73.7 Å². The van der Waals surface area contributed by atoms with Crippen LogP contribution in [-0.2, 0) is 11.2 Å². The highest BCUT2D eigenvalue weighted by molar-refractivity contribution is 8.00. The van der Waals surface area contributed by atoms with E-state index in [9.17, 15) is 4.79 Å². The Bertz CT molecular complexity index is 1320. The summed E-state index contributed by atoms with van der Waals surface area (Å²) < 4.78 is 6.18. The van der Waals surface area contributed by atoms with E-state index in [-0.39, 0.29) is 11.7 Å². The molecule has 0 saturated heterocycles. The van der Waals surface area contributed by atoms with Crippen molar-refractivity contribution in [2.24, 2.45) is 0 Å². The van der Waals surface area contributed by atoms with Crippen LogP contribution in [0.2, 0.25) is 0 Å². The minimum Gasteiger partial charge on any atom is -0.438 e. The number of carbonyl (C=O) groups is 1. The fraction of sp³-hybridized carbons (Fsp3) is 0.148. The van der Waals surface area contributed by atoms with Gasteiger partial charge in [-0.25, -0.2) is 4.98 Å². The molecule has 1 aliphatic heterocycles. The molecule has 0 radical (unpaired) electrons. The molecule has 1 aliphatic rings. The summed E-state index contributed by atoms with van der Waals surface area (Å²) in [7, 11) is 0. The van der Waals surface area contributed by atoms with Crippen LogP contribution in [0.25, 0.3) is 11.4 Å². The second-order valence-corrected chi connectivity index (χ2v) is 9.06. The molecule has 3 aromatic carbocycles. The number of nitrogens with zero attached hydrogens (tertiary/aromatic N) is 2. The molecule has 1 aromatic heterocycles. The van der Waals surface area contributed by atoms with Gasteiger partial charge in [0, 0.05) is 17.7 Å². The number of nitrogens with one attached hydrogen (secondary N) is 1. The maximum Gasteiger partial charge on any atom is 0.234 e. The van der Waals surface area contributed by atoms with E-state index in [0.717, 1.165) is 38.7 Å². The molecule has 0 fully saturated rings. The lowest BCUT2D eigenvalue weighted by atomic mass is 10.0. The summed E-state index contributed by atoms with van der Waals surface area (Å²) in [5.41, 5.74) is 6.04. The maximum absolute atomic E-state index is 12.6. The Morgan fingerprint density at radius 1 is 0.970 bits per heavy atom. The van der Waals surface area contributed by atoms with Crippen LogP contribution in [-0.4, -0.2) is 21.6 Å². The molecule has 33 heavy (non-hydrogen) atoms. The van der Waals surface area contributed by atoms with E-state index in [2.05, 4.69) is 18.3 Å². The molecule has 5 nitrogen and oxygen atoms in total. The zero-order chi connectivity index (χ0) is 22.8. The van der Waals surface area contributed by atoms with E-state index < -0.39 is 0 Å². The second-order valence-electron chi connectivity index (χ2n) is 8.09. The van der Waals surface area contributed by atoms with Crippen LogP contribution in [0.1, 0.15) is 22.3 Å². The van der Waals surface area contributed by atoms with Gasteiger partial charge in [-0.3, -0.25) is 4.79 Å². The average Bonchev–Trinajstić information content (AvgIpc) is 2.83. The number of aromatic nitrogens is 2. The van der Waals surface area contributed by atoms with Gasteiger partial charge in [0.2, 0.25) is 11.8 Å². The van der Waals surface area contributed by atoms with Crippen LogP contribution < -0.4 is 10.1 Å². The van der Waals surface area contributed by atoms with Gasteiger partial charge in [-0.05, 0) is 37.6 Å². The third kappa shape index (κ3) is 4.76. The van der Waals surface area contributed by atoms with Gasteiger partial charge in [-0.15, -0.1) is 0 Å². The standard InChI is InChI=1S/C27H23N3O2S/c1-17-8-11-21(12-9-17)28-24(31)16-33-27-22-15-20-14-18(2)10-13-23(20)32-26(22)29-25(30-27)19-6-4-3-5-7-19/h3-14H,15-16H2,1-2H3,(H,28,31). The van der Waals surface area contributed by atoms with E-state index in [4.69, 9.17) is 14.7 Å². The van der Waals surface area contributed by atoms with Crippen molar-refractivity contribution >= 4 is 23.4 Å². The molecule has 1 N–H and O–H groups in total. The van der Waals surface area contributed by atoms with Crippen molar-refractivity contribution in [3.63, 3.8) is 0 Å². The fourth-order valence-electron chi connectivity index (χ4n) is 3.72. The van der Waals surface area contributed by atoms with E-state index in [1.165, 1.54) is 17.3 Å². The Morgan fingerprint density at radius 3 is 2.52 bits per heavy atom. The predicted octanol–water partition coefficient (Wildman–Crippen LogP) is 6.19. The summed E-state index contributed by atoms with van der Waals surface area (Å²) in [4.78, 5) is 22.2. The number of anilines is 1.